The Balaban J connectivity index is 1.42. The van der Waals surface area contributed by atoms with Crippen LogP contribution >= 0.6 is 0 Å². The van der Waals surface area contributed by atoms with E-state index in [2.05, 4.69) is 4.98 Å². The second-order valence-electron chi connectivity index (χ2n) is 7.73. The third kappa shape index (κ3) is 4.07. The zero-order valence-electron chi connectivity index (χ0n) is 15.9. The lowest BCUT2D eigenvalue weighted by molar-refractivity contribution is -0.130. The zero-order valence-corrected chi connectivity index (χ0v) is 15.9. The van der Waals surface area contributed by atoms with Crippen molar-refractivity contribution in [2.24, 2.45) is 5.41 Å². The van der Waals surface area contributed by atoms with Crippen LogP contribution in [0, 0.1) is 5.41 Å². The molecule has 1 aromatic heterocycles. The molecule has 6 nitrogen and oxygen atoms in total. The topological polar surface area (TPSA) is 62.7 Å². The fraction of sp³-hybridized carbons (Fsp3) is 0.409. The molecule has 6 heteroatoms. The van der Waals surface area contributed by atoms with Crippen molar-refractivity contribution in [1.82, 2.24) is 9.88 Å². The predicted octanol–water partition coefficient (Wildman–Crippen LogP) is 2.30. The van der Waals surface area contributed by atoms with Gasteiger partial charge in [0.1, 0.15) is 6.61 Å². The summed E-state index contributed by atoms with van der Waals surface area (Å²) in [5, 5.41) is 0. The number of likely N-dealkylation sites (tertiary alicyclic amines) is 1. The molecule has 0 bridgehead atoms. The second-order valence-corrected chi connectivity index (χ2v) is 7.73. The summed E-state index contributed by atoms with van der Waals surface area (Å²) in [7, 11) is 0. The van der Waals surface area contributed by atoms with Crippen LogP contribution in [0.5, 0.6) is 0 Å². The molecule has 146 valence electrons. The SMILES string of the molecule is O=C(CCc1ccncc1)N1CCC2(COCC(=O)N(c3ccccc3)C2)C1. The maximum Gasteiger partial charge on any atom is 0.252 e. The molecule has 2 aromatic rings. The molecule has 2 amide bonds. The van der Waals surface area contributed by atoms with Gasteiger partial charge < -0.3 is 14.5 Å². The summed E-state index contributed by atoms with van der Waals surface area (Å²) in [5.74, 6) is 0.140. The van der Waals surface area contributed by atoms with Crippen LogP contribution < -0.4 is 4.90 Å². The first-order valence-electron chi connectivity index (χ1n) is 9.75. The maximum atomic E-state index is 12.7. The van der Waals surface area contributed by atoms with Crippen molar-refractivity contribution < 1.29 is 14.3 Å². The van der Waals surface area contributed by atoms with E-state index in [4.69, 9.17) is 4.74 Å². The van der Waals surface area contributed by atoms with Crippen LogP contribution in [0.2, 0.25) is 0 Å². The number of amides is 2. The monoisotopic (exact) mass is 379 g/mol. The minimum atomic E-state index is -0.200. The number of anilines is 1. The quantitative estimate of drug-likeness (QED) is 0.818. The average molecular weight is 379 g/mol. The molecule has 0 saturated carbocycles. The Hall–Kier alpha value is -2.73. The highest BCUT2D eigenvalue weighted by Gasteiger charge is 2.44. The largest absolute Gasteiger partial charge is 0.371 e. The molecule has 4 rings (SSSR count). The van der Waals surface area contributed by atoms with E-state index in [1.807, 2.05) is 52.3 Å². The second kappa shape index (κ2) is 8.10. The Labute approximate surface area is 165 Å². The standard InChI is InChI=1S/C22H25N3O3/c26-20(7-6-18-8-11-23-12-9-18)24-13-10-22(15-24)16-25(21(27)14-28-17-22)19-4-2-1-3-5-19/h1-5,8-9,11-12H,6-7,10,13-17H2. The minimum Gasteiger partial charge on any atom is -0.371 e. The summed E-state index contributed by atoms with van der Waals surface area (Å²) >= 11 is 0. The van der Waals surface area contributed by atoms with Gasteiger partial charge in [0.2, 0.25) is 5.91 Å². The van der Waals surface area contributed by atoms with Crippen LogP contribution in [0.15, 0.2) is 54.9 Å². The molecule has 2 aliphatic heterocycles. The van der Waals surface area contributed by atoms with Crippen molar-refractivity contribution in [3.05, 3.63) is 60.4 Å². The molecule has 2 fully saturated rings. The number of para-hydroxylation sites is 1. The number of hydrogen-bond donors (Lipinski definition) is 0. The van der Waals surface area contributed by atoms with E-state index < -0.39 is 0 Å². The van der Waals surface area contributed by atoms with E-state index >= 15 is 0 Å². The van der Waals surface area contributed by atoms with Crippen molar-refractivity contribution >= 4 is 17.5 Å². The highest BCUT2D eigenvalue weighted by atomic mass is 16.5. The van der Waals surface area contributed by atoms with Crippen molar-refractivity contribution in [3.63, 3.8) is 0 Å². The van der Waals surface area contributed by atoms with Crippen LogP contribution in [-0.2, 0) is 20.7 Å². The van der Waals surface area contributed by atoms with Gasteiger partial charge in [-0.25, -0.2) is 0 Å². The molecule has 3 heterocycles. The van der Waals surface area contributed by atoms with E-state index in [-0.39, 0.29) is 23.8 Å². The van der Waals surface area contributed by atoms with Crippen molar-refractivity contribution in [3.8, 4) is 0 Å². The first-order valence-corrected chi connectivity index (χ1v) is 9.75. The first kappa shape index (κ1) is 18.6. The number of nitrogens with zero attached hydrogens (tertiary/aromatic N) is 3. The van der Waals surface area contributed by atoms with Crippen molar-refractivity contribution in [2.45, 2.75) is 19.3 Å². The number of pyridine rings is 1. The van der Waals surface area contributed by atoms with Crippen molar-refractivity contribution in [1.29, 1.82) is 0 Å². The molecule has 1 unspecified atom stereocenters. The van der Waals surface area contributed by atoms with Crippen LogP contribution in [0.25, 0.3) is 0 Å². The number of aromatic nitrogens is 1. The highest BCUT2D eigenvalue weighted by molar-refractivity contribution is 5.94. The summed E-state index contributed by atoms with van der Waals surface area (Å²) in [4.78, 5) is 33.0. The van der Waals surface area contributed by atoms with Crippen molar-refractivity contribution in [2.75, 3.05) is 37.7 Å². The zero-order chi connectivity index (χ0) is 19.4. The molecule has 2 aliphatic rings. The van der Waals surface area contributed by atoms with Crippen LogP contribution in [0.4, 0.5) is 5.69 Å². The van der Waals surface area contributed by atoms with E-state index in [0.29, 0.717) is 26.1 Å². The van der Waals surface area contributed by atoms with E-state index in [1.54, 1.807) is 12.4 Å². The summed E-state index contributed by atoms with van der Waals surface area (Å²) < 4.78 is 5.72. The smallest absolute Gasteiger partial charge is 0.252 e. The van der Waals surface area contributed by atoms with E-state index in [9.17, 15) is 9.59 Å². The number of ether oxygens (including phenoxy) is 1. The normalized spacial score (nSPS) is 22.5. The summed E-state index contributed by atoms with van der Waals surface area (Å²) in [6.07, 6.45) is 5.56. The Kier molecular flexibility index (Phi) is 5.39. The molecule has 0 aliphatic carbocycles. The van der Waals surface area contributed by atoms with Gasteiger partial charge in [0.25, 0.3) is 5.91 Å². The van der Waals surface area contributed by atoms with Gasteiger partial charge in [0.05, 0.1) is 6.61 Å². The summed E-state index contributed by atoms with van der Waals surface area (Å²) in [5.41, 5.74) is 1.81. The average Bonchev–Trinajstić information content (AvgIpc) is 3.08. The lowest BCUT2D eigenvalue weighted by Crippen LogP contribution is -2.43. The Morgan fingerprint density at radius 1 is 1.11 bits per heavy atom. The van der Waals surface area contributed by atoms with Gasteiger partial charge in [-0.2, -0.15) is 0 Å². The number of carbonyl (C=O) groups excluding carboxylic acids is 2. The molecule has 1 aromatic carbocycles. The lowest BCUT2D eigenvalue weighted by Gasteiger charge is -2.32. The van der Waals surface area contributed by atoms with Crippen LogP contribution in [-0.4, -0.2) is 54.5 Å². The van der Waals surface area contributed by atoms with E-state index in [1.165, 1.54) is 0 Å². The van der Waals surface area contributed by atoms with Gasteiger partial charge in [0.15, 0.2) is 0 Å². The minimum absolute atomic E-state index is 0.0226. The maximum absolute atomic E-state index is 12.7. The van der Waals surface area contributed by atoms with Gasteiger partial charge in [0, 0.05) is 49.6 Å². The number of aryl methyl sites for hydroxylation is 1. The molecular weight excluding hydrogens is 354 g/mol. The molecule has 0 radical (unpaired) electrons. The molecule has 1 atom stereocenters. The molecule has 2 saturated heterocycles. The van der Waals surface area contributed by atoms with Gasteiger partial charge in [-0.15, -0.1) is 0 Å². The van der Waals surface area contributed by atoms with Gasteiger partial charge in [-0.3, -0.25) is 14.6 Å². The fourth-order valence-corrected chi connectivity index (χ4v) is 4.10. The van der Waals surface area contributed by atoms with Gasteiger partial charge >= 0.3 is 0 Å². The van der Waals surface area contributed by atoms with E-state index in [0.717, 1.165) is 30.6 Å². The molecule has 1 spiro atoms. The van der Waals surface area contributed by atoms with Gasteiger partial charge in [-0.1, -0.05) is 18.2 Å². The molecular formula is C22H25N3O3. The third-order valence-electron chi connectivity index (χ3n) is 5.66. The first-order chi connectivity index (χ1) is 13.7. The number of hydrogen-bond acceptors (Lipinski definition) is 4. The Morgan fingerprint density at radius 3 is 2.68 bits per heavy atom. The molecule has 0 N–H and O–H groups in total. The third-order valence-corrected chi connectivity index (χ3v) is 5.66. The Bertz CT molecular complexity index is 827. The van der Waals surface area contributed by atoms with Crippen LogP contribution in [0.3, 0.4) is 0 Å². The number of benzene rings is 1. The number of carbonyl (C=O) groups is 2. The highest BCUT2D eigenvalue weighted by Crippen LogP contribution is 2.35. The predicted molar refractivity (Wildman–Crippen MR) is 106 cm³/mol. The number of rotatable bonds is 4. The summed E-state index contributed by atoms with van der Waals surface area (Å²) in [6.45, 7) is 2.54. The fourth-order valence-electron chi connectivity index (χ4n) is 4.10. The van der Waals surface area contributed by atoms with Gasteiger partial charge in [-0.05, 0) is 42.7 Å². The summed E-state index contributed by atoms with van der Waals surface area (Å²) in [6, 6.07) is 13.6. The van der Waals surface area contributed by atoms with Crippen LogP contribution in [0.1, 0.15) is 18.4 Å². The Morgan fingerprint density at radius 2 is 1.89 bits per heavy atom. The lowest BCUT2D eigenvalue weighted by atomic mass is 9.87. The molecule has 28 heavy (non-hydrogen) atoms.